The zero-order valence-electron chi connectivity index (χ0n) is 12.6. The Morgan fingerprint density at radius 2 is 2.27 bits per heavy atom. The lowest BCUT2D eigenvalue weighted by Gasteiger charge is -2.41. The van der Waals surface area contributed by atoms with Gasteiger partial charge in [0.25, 0.3) is 0 Å². The highest BCUT2D eigenvalue weighted by molar-refractivity contribution is 5.21. The molecule has 2 aromatic heterocycles. The highest BCUT2D eigenvalue weighted by atomic mass is 15.6. The van der Waals surface area contributed by atoms with Crippen LogP contribution < -0.4 is 10.6 Å². The van der Waals surface area contributed by atoms with Crippen molar-refractivity contribution in [3.8, 4) is 0 Å². The first-order valence-electron chi connectivity index (χ1n) is 7.70. The largest absolute Gasteiger partial charge is 0.290 e. The van der Waals surface area contributed by atoms with Gasteiger partial charge in [-0.3, -0.25) is 20.1 Å². The Kier molecular flexibility index (Phi) is 3.34. The Hall–Kier alpha value is -2.28. The fourth-order valence-corrected chi connectivity index (χ4v) is 3.16. The third kappa shape index (κ3) is 2.37. The number of piperidine rings is 1. The molecule has 0 aliphatic carbocycles. The topological polar surface area (TPSA) is 73.3 Å². The summed E-state index contributed by atoms with van der Waals surface area (Å²) in [4.78, 5) is 13.4. The molecule has 1 N–H and O–H groups in total. The summed E-state index contributed by atoms with van der Waals surface area (Å²) in [7, 11) is 0. The van der Waals surface area contributed by atoms with Crippen LogP contribution in [-0.2, 0) is 0 Å². The zero-order valence-corrected chi connectivity index (χ0v) is 12.6. The van der Waals surface area contributed by atoms with Crippen LogP contribution in [0.5, 0.6) is 0 Å². The SMILES string of the molecule is Cc1n[nH]c(C2CCCCN2N2C=c3cnccc3=NC2)n1. The van der Waals surface area contributed by atoms with Gasteiger partial charge in [0.15, 0.2) is 0 Å². The fraction of sp³-hybridized carbons (Fsp3) is 0.467. The third-order valence-electron chi connectivity index (χ3n) is 4.24. The Morgan fingerprint density at radius 1 is 1.32 bits per heavy atom. The normalized spacial score (nSPS) is 21.9. The second kappa shape index (κ2) is 5.49. The Bertz CT molecular complexity index is 781. The number of nitrogens with zero attached hydrogens (tertiary/aromatic N) is 6. The average molecular weight is 297 g/mol. The van der Waals surface area contributed by atoms with Gasteiger partial charge < -0.3 is 0 Å². The standard InChI is InChI=1S/C15H19N7/c1-11-18-15(20-19-11)14-4-2-3-7-22(14)21-9-12-8-16-6-5-13(12)17-10-21/h5-6,8-9,14H,2-4,7,10H2,1H3,(H,18,19,20). The van der Waals surface area contributed by atoms with E-state index in [9.17, 15) is 0 Å². The first-order chi connectivity index (χ1) is 10.8. The van der Waals surface area contributed by atoms with Crippen molar-refractivity contribution in [2.75, 3.05) is 13.2 Å². The fourth-order valence-electron chi connectivity index (χ4n) is 3.16. The van der Waals surface area contributed by atoms with Crippen molar-refractivity contribution in [3.63, 3.8) is 0 Å². The van der Waals surface area contributed by atoms with E-state index >= 15 is 0 Å². The quantitative estimate of drug-likeness (QED) is 0.862. The number of aryl methyl sites for hydroxylation is 1. The molecule has 0 amide bonds. The van der Waals surface area contributed by atoms with Crippen molar-refractivity contribution in [2.45, 2.75) is 32.2 Å². The van der Waals surface area contributed by atoms with E-state index in [0.717, 1.165) is 35.2 Å². The molecule has 1 saturated heterocycles. The van der Waals surface area contributed by atoms with E-state index in [0.29, 0.717) is 6.67 Å². The van der Waals surface area contributed by atoms with Gasteiger partial charge in [-0.1, -0.05) is 6.42 Å². The highest BCUT2D eigenvalue weighted by Crippen LogP contribution is 2.30. The minimum absolute atomic E-state index is 0.236. The van der Waals surface area contributed by atoms with Crippen LogP contribution in [0.3, 0.4) is 0 Å². The molecule has 2 aliphatic rings. The molecule has 1 atom stereocenters. The Balaban J connectivity index is 1.67. The predicted octanol–water partition coefficient (Wildman–Crippen LogP) is 0.281. The number of hydrazine groups is 1. The third-order valence-corrected chi connectivity index (χ3v) is 4.24. The molecule has 0 bridgehead atoms. The van der Waals surface area contributed by atoms with E-state index in [1.165, 1.54) is 12.8 Å². The van der Waals surface area contributed by atoms with Crippen LogP contribution in [0.2, 0.25) is 0 Å². The molecule has 0 radical (unpaired) electrons. The van der Waals surface area contributed by atoms with Crippen molar-refractivity contribution >= 4 is 6.20 Å². The molecule has 0 aromatic carbocycles. The lowest BCUT2D eigenvalue weighted by Crippen LogP contribution is -2.48. The zero-order chi connectivity index (χ0) is 14.9. The Labute approximate surface area is 128 Å². The van der Waals surface area contributed by atoms with Crippen LogP contribution in [0.15, 0.2) is 23.5 Å². The first-order valence-corrected chi connectivity index (χ1v) is 7.70. The lowest BCUT2D eigenvalue weighted by atomic mass is 10.0. The summed E-state index contributed by atoms with van der Waals surface area (Å²) in [6.45, 7) is 3.56. The molecule has 114 valence electrons. The van der Waals surface area contributed by atoms with Gasteiger partial charge in [-0.15, -0.1) is 0 Å². The summed E-state index contributed by atoms with van der Waals surface area (Å²) in [5.41, 5.74) is 0. The molecule has 4 heterocycles. The van der Waals surface area contributed by atoms with Crippen molar-refractivity contribution in [2.24, 2.45) is 4.99 Å². The van der Waals surface area contributed by atoms with Gasteiger partial charge in [-0.25, -0.2) is 9.99 Å². The van der Waals surface area contributed by atoms with Crippen LogP contribution in [0.4, 0.5) is 0 Å². The van der Waals surface area contributed by atoms with Gasteiger partial charge in [-0.2, -0.15) is 5.10 Å². The van der Waals surface area contributed by atoms with Gasteiger partial charge in [0.1, 0.15) is 18.3 Å². The lowest BCUT2D eigenvalue weighted by molar-refractivity contribution is -0.0320. The summed E-state index contributed by atoms with van der Waals surface area (Å²) in [5, 5.41) is 13.9. The number of nitrogens with one attached hydrogen (secondary N) is 1. The number of H-pyrrole nitrogens is 1. The molecule has 0 spiro atoms. The summed E-state index contributed by atoms with van der Waals surface area (Å²) in [6.07, 6.45) is 9.27. The van der Waals surface area contributed by atoms with Crippen LogP contribution in [0.1, 0.15) is 37.0 Å². The van der Waals surface area contributed by atoms with Crippen LogP contribution in [0.25, 0.3) is 6.20 Å². The number of aromatic amines is 1. The Morgan fingerprint density at radius 3 is 3.14 bits per heavy atom. The molecule has 1 unspecified atom stereocenters. The molecule has 4 rings (SSSR count). The maximum Gasteiger partial charge on any atom is 0.147 e. The number of hydrogen-bond acceptors (Lipinski definition) is 6. The maximum absolute atomic E-state index is 4.65. The molecule has 7 heteroatoms. The monoisotopic (exact) mass is 297 g/mol. The van der Waals surface area contributed by atoms with Gasteiger partial charge in [0.2, 0.25) is 0 Å². The van der Waals surface area contributed by atoms with E-state index in [4.69, 9.17) is 0 Å². The molecule has 0 saturated carbocycles. The minimum atomic E-state index is 0.236. The summed E-state index contributed by atoms with van der Waals surface area (Å²) in [6, 6.07) is 2.19. The number of rotatable bonds is 2. The first kappa shape index (κ1) is 13.4. The molecule has 2 aliphatic heterocycles. The summed E-state index contributed by atoms with van der Waals surface area (Å²) in [5.74, 6) is 1.74. The molecule has 2 aromatic rings. The molecular weight excluding hydrogens is 278 g/mol. The van der Waals surface area contributed by atoms with Gasteiger partial charge in [-0.05, 0) is 25.8 Å². The van der Waals surface area contributed by atoms with Crippen molar-refractivity contribution < 1.29 is 0 Å². The highest BCUT2D eigenvalue weighted by Gasteiger charge is 2.30. The van der Waals surface area contributed by atoms with E-state index in [1.54, 1.807) is 6.20 Å². The summed E-state index contributed by atoms with van der Waals surface area (Å²) < 4.78 is 0. The number of aromatic nitrogens is 4. The second-order valence-electron chi connectivity index (χ2n) is 5.75. The maximum atomic E-state index is 4.65. The molecule has 7 nitrogen and oxygen atoms in total. The molecule has 22 heavy (non-hydrogen) atoms. The van der Waals surface area contributed by atoms with Crippen LogP contribution in [-0.4, -0.2) is 43.4 Å². The van der Waals surface area contributed by atoms with E-state index in [-0.39, 0.29) is 6.04 Å². The summed E-state index contributed by atoms with van der Waals surface area (Å²) >= 11 is 0. The van der Waals surface area contributed by atoms with Crippen LogP contribution >= 0.6 is 0 Å². The number of fused-ring (bicyclic) bond motifs is 1. The molecule has 1 fully saturated rings. The number of hydrogen-bond donors (Lipinski definition) is 1. The van der Waals surface area contributed by atoms with Crippen LogP contribution in [0, 0.1) is 6.92 Å². The molecular formula is C15H19N7. The van der Waals surface area contributed by atoms with E-state index in [1.807, 2.05) is 19.2 Å². The van der Waals surface area contributed by atoms with Gasteiger partial charge >= 0.3 is 0 Å². The average Bonchev–Trinajstić information content (AvgIpc) is 3.01. The predicted molar refractivity (Wildman–Crippen MR) is 80.6 cm³/mol. The van der Waals surface area contributed by atoms with Crippen molar-refractivity contribution in [1.29, 1.82) is 0 Å². The van der Waals surface area contributed by atoms with E-state index < -0.39 is 0 Å². The second-order valence-corrected chi connectivity index (χ2v) is 5.75. The smallest absolute Gasteiger partial charge is 0.147 e. The minimum Gasteiger partial charge on any atom is -0.290 e. The van der Waals surface area contributed by atoms with Gasteiger partial charge in [0, 0.05) is 30.4 Å². The van der Waals surface area contributed by atoms with Gasteiger partial charge in [0.05, 0.1) is 11.4 Å². The van der Waals surface area contributed by atoms with Crippen molar-refractivity contribution in [3.05, 3.63) is 40.7 Å². The van der Waals surface area contributed by atoms with Crippen molar-refractivity contribution in [1.82, 2.24) is 30.2 Å². The van der Waals surface area contributed by atoms with E-state index in [2.05, 4.69) is 41.4 Å². The number of pyridine rings is 1.